The zero-order chi connectivity index (χ0) is 12.3. The van der Waals surface area contributed by atoms with E-state index in [0.717, 1.165) is 44.1 Å². The van der Waals surface area contributed by atoms with Crippen molar-refractivity contribution in [1.29, 1.82) is 0 Å². The van der Waals surface area contributed by atoms with Crippen molar-refractivity contribution in [2.45, 2.75) is 25.7 Å². The van der Waals surface area contributed by atoms with E-state index in [0.29, 0.717) is 4.47 Å². The van der Waals surface area contributed by atoms with Gasteiger partial charge in [-0.1, -0.05) is 6.42 Å². The molecule has 1 aliphatic heterocycles. The fraction of sp³-hybridized carbons (Fsp3) is 0.417. The van der Waals surface area contributed by atoms with Crippen molar-refractivity contribution >= 4 is 27.5 Å². The van der Waals surface area contributed by atoms with Crippen LogP contribution in [-0.4, -0.2) is 12.4 Å². The number of anilines is 1. The third-order valence-corrected chi connectivity index (χ3v) is 3.28. The molecule has 5 heteroatoms. The molecule has 92 valence electrons. The van der Waals surface area contributed by atoms with Gasteiger partial charge in [0.25, 0.3) is 0 Å². The number of nitrogens with zero attached hydrogens (tertiary/aromatic N) is 1. The summed E-state index contributed by atoms with van der Waals surface area (Å²) >= 11 is 3.15. The average molecular weight is 303 g/mol. The van der Waals surface area contributed by atoms with Crippen LogP contribution in [0, 0.1) is 11.6 Å². The topological polar surface area (TPSA) is 24.4 Å². The second kappa shape index (κ2) is 5.58. The van der Waals surface area contributed by atoms with Crippen LogP contribution in [0.25, 0.3) is 0 Å². The number of hydrogen-bond donors (Lipinski definition) is 1. The Balaban J connectivity index is 2.20. The van der Waals surface area contributed by atoms with Gasteiger partial charge in [0.1, 0.15) is 11.7 Å². The van der Waals surface area contributed by atoms with Gasteiger partial charge >= 0.3 is 0 Å². The maximum Gasteiger partial charge on any atom is 0.150 e. The molecule has 0 spiro atoms. The molecule has 0 aliphatic carbocycles. The quantitative estimate of drug-likeness (QED) is 0.829. The highest BCUT2D eigenvalue weighted by Gasteiger charge is 2.12. The molecule has 1 heterocycles. The van der Waals surface area contributed by atoms with Gasteiger partial charge in [-0.3, -0.25) is 4.99 Å². The smallest absolute Gasteiger partial charge is 0.150 e. The number of benzene rings is 1. The monoisotopic (exact) mass is 302 g/mol. The van der Waals surface area contributed by atoms with Gasteiger partial charge in [0.15, 0.2) is 5.82 Å². The minimum absolute atomic E-state index is 0.257. The second-order valence-electron chi connectivity index (χ2n) is 4.01. The zero-order valence-electron chi connectivity index (χ0n) is 9.27. The first kappa shape index (κ1) is 12.5. The van der Waals surface area contributed by atoms with E-state index < -0.39 is 11.6 Å². The maximum absolute atomic E-state index is 13.6. The highest BCUT2D eigenvalue weighted by Crippen LogP contribution is 2.27. The first-order valence-corrected chi connectivity index (χ1v) is 6.41. The predicted molar refractivity (Wildman–Crippen MR) is 68.5 cm³/mol. The molecule has 0 aromatic heterocycles. The molecule has 0 saturated heterocycles. The zero-order valence-corrected chi connectivity index (χ0v) is 10.9. The molecule has 0 amide bonds. The third-order valence-electron chi connectivity index (χ3n) is 2.65. The fourth-order valence-electron chi connectivity index (χ4n) is 1.78. The van der Waals surface area contributed by atoms with Crippen LogP contribution in [0.5, 0.6) is 0 Å². The Hall–Kier alpha value is -0.970. The van der Waals surface area contributed by atoms with Crippen molar-refractivity contribution in [3.63, 3.8) is 0 Å². The van der Waals surface area contributed by atoms with Crippen LogP contribution in [0.15, 0.2) is 21.6 Å². The molecule has 17 heavy (non-hydrogen) atoms. The highest BCUT2D eigenvalue weighted by atomic mass is 79.9. The van der Waals surface area contributed by atoms with Crippen molar-refractivity contribution in [3.05, 3.63) is 28.2 Å². The van der Waals surface area contributed by atoms with E-state index in [1.807, 2.05) is 0 Å². The molecular formula is C12H13BrF2N2. The van der Waals surface area contributed by atoms with Gasteiger partial charge in [0.2, 0.25) is 0 Å². The largest absolute Gasteiger partial charge is 0.341 e. The lowest BCUT2D eigenvalue weighted by Gasteiger charge is -2.11. The molecule has 0 bridgehead atoms. The summed E-state index contributed by atoms with van der Waals surface area (Å²) in [6.45, 7) is 0.767. The molecular weight excluding hydrogens is 290 g/mol. The normalized spacial score (nSPS) is 16.3. The minimum atomic E-state index is -0.608. The summed E-state index contributed by atoms with van der Waals surface area (Å²) in [5, 5.41) is 2.95. The van der Waals surface area contributed by atoms with Gasteiger partial charge in [-0.25, -0.2) is 8.78 Å². The molecule has 0 saturated carbocycles. The van der Waals surface area contributed by atoms with E-state index in [1.54, 1.807) is 0 Å². The molecule has 0 atom stereocenters. The Morgan fingerprint density at radius 1 is 1.18 bits per heavy atom. The summed E-state index contributed by atoms with van der Waals surface area (Å²) in [6, 6.07) is 2.10. The van der Waals surface area contributed by atoms with Gasteiger partial charge in [-0.15, -0.1) is 0 Å². The van der Waals surface area contributed by atoms with Gasteiger partial charge in [-0.05, 0) is 34.8 Å². The summed E-state index contributed by atoms with van der Waals surface area (Å²) < 4.78 is 26.9. The first-order chi connectivity index (χ1) is 8.16. The van der Waals surface area contributed by atoms with E-state index in [-0.39, 0.29) is 5.69 Å². The van der Waals surface area contributed by atoms with Gasteiger partial charge in [-0.2, -0.15) is 0 Å². The number of rotatable bonds is 1. The van der Waals surface area contributed by atoms with E-state index in [2.05, 4.69) is 26.2 Å². The van der Waals surface area contributed by atoms with Crippen molar-refractivity contribution in [2.75, 3.05) is 11.9 Å². The maximum atomic E-state index is 13.6. The number of hydrogen-bond acceptors (Lipinski definition) is 2. The van der Waals surface area contributed by atoms with Crippen LogP contribution in [0.2, 0.25) is 0 Å². The Bertz CT molecular complexity index is 423. The number of amidine groups is 1. The third kappa shape index (κ3) is 3.25. The van der Waals surface area contributed by atoms with Crippen LogP contribution < -0.4 is 5.32 Å². The average Bonchev–Trinajstić information content (AvgIpc) is 2.51. The molecule has 1 aromatic carbocycles. The van der Waals surface area contributed by atoms with Crippen LogP contribution >= 0.6 is 15.9 Å². The van der Waals surface area contributed by atoms with Crippen molar-refractivity contribution < 1.29 is 8.78 Å². The van der Waals surface area contributed by atoms with Crippen molar-refractivity contribution in [1.82, 2.24) is 0 Å². The molecule has 0 unspecified atom stereocenters. The fourth-order valence-corrected chi connectivity index (χ4v) is 2.29. The van der Waals surface area contributed by atoms with E-state index in [1.165, 1.54) is 6.07 Å². The molecule has 1 aliphatic rings. The Kier molecular flexibility index (Phi) is 4.10. The molecule has 1 N–H and O–H groups in total. The SMILES string of the molecule is Fc1cc(F)c(NC2=NCCCCC2)c(Br)c1. The lowest BCUT2D eigenvalue weighted by molar-refractivity contribution is 0.585. The second-order valence-corrected chi connectivity index (χ2v) is 4.86. The van der Waals surface area contributed by atoms with Crippen LogP contribution in [-0.2, 0) is 0 Å². The van der Waals surface area contributed by atoms with E-state index in [4.69, 9.17) is 0 Å². The van der Waals surface area contributed by atoms with Crippen LogP contribution in [0.1, 0.15) is 25.7 Å². The molecule has 2 nitrogen and oxygen atoms in total. The van der Waals surface area contributed by atoms with Crippen molar-refractivity contribution in [2.24, 2.45) is 4.99 Å². The standard InChI is InChI=1S/C12H13BrF2N2/c13-9-6-8(14)7-10(15)12(9)17-11-4-2-1-3-5-16-11/h6-7H,1-5H2,(H,16,17). The molecule has 2 rings (SSSR count). The molecule has 1 aromatic rings. The number of halogens is 3. The lowest BCUT2D eigenvalue weighted by atomic mass is 10.2. The Labute approximate surface area is 107 Å². The van der Waals surface area contributed by atoms with Crippen molar-refractivity contribution in [3.8, 4) is 0 Å². The summed E-state index contributed by atoms with van der Waals surface area (Å²) in [7, 11) is 0. The van der Waals surface area contributed by atoms with Gasteiger partial charge < -0.3 is 5.32 Å². The van der Waals surface area contributed by atoms with Crippen LogP contribution in [0.4, 0.5) is 14.5 Å². The van der Waals surface area contributed by atoms with Gasteiger partial charge in [0, 0.05) is 23.5 Å². The highest BCUT2D eigenvalue weighted by molar-refractivity contribution is 9.10. The van der Waals surface area contributed by atoms with Crippen LogP contribution in [0.3, 0.4) is 0 Å². The minimum Gasteiger partial charge on any atom is -0.341 e. The molecule has 0 fully saturated rings. The molecule has 0 radical (unpaired) electrons. The van der Waals surface area contributed by atoms with E-state index >= 15 is 0 Å². The summed E-state index contributed by atoms with van der Waals surface area (Å²) in [6.07, 6.45) is 4.07. The summed E-state index contributed by atoms with van der Waals surface area (Å²) in [5.74, 6) is -0.430. The Morgan fingerprint density at radius 3 is 2.76 bits per heavy atom. The van der Waals surface area contributed by atoms with Gasteiger partial charge in [0.05, 0.1) is 5.69 Å². The Morgan fingerprint density at radius 2 is 2.00 bits per heavy atom. The lowest BCUT2D eigenvalue weighted by Crippen LogP contribution is -2.13. The number of nitrogens with one attached hydrogen (secondary N) is 1. The van der Waals surface area contributed by atoms with E-state index in [9.17, 15) is 8.78 Å². The summed E-state index contributed by atoms with van der Waals surface area (Å²) in [4.78, 5) is 4.35. The summed E-state index contributed by atoms with van der Waals surface area (Å²) in [5.41, 5.74) is 0.257. The first-order valence-electron chi connectivity index (χ1n) is 5.62. The predicted octanol–water partition coefficient (Wildman–Crippen LogP) is 4.11. The number of aliphatic imine (C=N–C) groups is 1.